The molecule has 0 saturated heterocycles. The van der Waals surface area contributed by atoms with E-state index in [9.17, 15) is 10.1 Å². The number of halogens is 1. The lowest BCUT2D eigenvalue weighted by molar-refractivity contribution is -0.141. The minimum absolute atomic E-state index is 0.252. The number of aromatic nitrogens is 4. The summed E-state index contributed by atoms with van der Waals surface area (Å²) in [5.41, 5.74) is 2.85. The molecular weight excluding hydrogens is 506 g/mol. The van der Waals surface area contributed by atoms with E-state index in [-0.39, 0.29) is 12.2 Å². The Labute approximate surface area is 224 Å². The van der Waals surface area contributed by atoms with E-state index in [1.807, 2.05) is 35.8 Å². The van der Waals surface area contributed by atoms with E-state index in [4.69, 9.17) is 31.2 Å². The number of hydrogen-bond donors (Lipinski definition) is 1. The lowest BCUT2D eigenvalue weighted by Crippen LogP contribution is -2.13. The summed E-state index contributed by atoms with van der Waals surface area (Å²) in [6.45, 7) is 4.27. The number of carboxylic acids is 1. The summed E-state index contributed by atoms with van der Waals surface area (Å²) >= 11 is 6.73. The van der Waals surface area contributed by atoms with Crippen LogP contribution in [0.1, 0.15) is 44.2 Å². The van der Waals surface area contributed by atoms with Crippen molar-refractivity contribution in [2.75, 3.05) is 6.61 Å². The second-order valence-electron chi connectivity index (χ2n) is 9.71. The van der Waals surface area contributed by atoms with E-state index < -0.39 is 11.9 Å². The third-order valence-electron chi connectivity index (χ3n) is 6.68. The van der Waals surface area contributed by atoms with E-state index in [1.165, 1.54) is 6.33 Å². The smallest absolute Gasteiger partial charge is 0.306 e. The number of carboxylic acid groups (broad SMARTS) is 1. The van der Waals surface area contributed by atoms with E-state index in [0.717, 1.165) is 18.4 Å². The van der Waals surface area contributed by atoms with Crippen LogP contribution in [0, 0.1) is 17.2 Å². The van der Waals surface area contributed by atoms with Crippen molar-refractivity contribution in [3.05, 3.63) is 64.9 Å². The number of fused-ring (bicyclic) bond motifs is 1. The van der Waals surface area contributed by atoms with Gasteiger partial charge in [-0.3, -0.25) is 4.79 Å². The van der Waals surface area contributed by atoms with Gasteiger partial charge in [0, 0.05) is 5.56 Å². The molecule has 38 heavy (non-hydrogen) atoms. The van der Waals surface area contributed by atoms with Gasteiger partial charge in [0.15, 0.2) is 11.2 Å². The first-order valence-corrected chi connectivity index (χ1v) is 12.7. The van der Waals surface area contributed by atoms with Gasteiger partial charge in [-0.25, -0.2) is 9.97 Å². The highest BCUT2D eigenvalue weighted by Gasteiger charge is 2.41. The van der Waals surface area contributed by atoms with Crippen LogP contribution >= 0.6 is 11.6 Å². The fourth-order valence-electron chi connectivity index (χ4n) is 4.04. The zero-order chi connectivity index (χ0) is 26.9. The van der Waals surface area contributed by atoms with Crippen LogP contribution in [0.4, 0.5) is 0 Å². The number of nitriles is 1. The van der Waals surface area contributed by atoms with Crippen LogP contribution in [-0.2, 0) is 11.3 Å². The van der Waals surface area contributed by atoms with Gasteiger partial charge in [-0.1, -0.05) is 36.7 Å². The summed E-state index contributed by atoms with van der Waals surface area (Å²) in [4.78, 5) is 24.8. The molecule has 2 aromatic carbocycles. The number of rotatable bonds is 10. The van der Waals surface area contributed by atoms with Crippen molar-refractivity contribution in [2.45, 2.75) is 45.3 Å². The Morgan fingerprint density at radius 2 is 2.05 bits per heavy atom. The first-order chi connectivity index (χ1) is 18.3. The van der Waals surface area contributed by atoms with Crippen molar-refractivity contribution >= 4 is 28.7 Å². The molecule has 0 aliphatic heterocycles. The Morgan fingerprint density at radius 1 is 1.26 bits per heavy atom. The van der Waals surface area contributed by atoms with Gasteiger partial charge in [-0.15, -0.1) is 0 Å². The maximum Gasteiger partial charge on any atom is 0.306 e. The quantitative estimate of drug-likeness (QED) is 0.285. The molecule has 2 heterocycles. The molecule has 0 bridgehead atoms. The maximum atomic E-state index is 11.1. The Bertz CT molecular complexity index is 1560. The third kappa shape index (κ3) is 5.27. The van der Waals surface area contributed by atoms with Gasteiger partial charge in [0.05, 0.1) is 35.7 Å². The van der Waals surface area contributed by atoms with Gasteiger partial charge in [0.25, 0.3) is 0 Å². The molecule has 1 aliphatic carbocycles. The number of carbonyl (C=O) groups is 1. The van der Waals surface area contributed by atoms with Gasteiger partial charge in [0.2, 0.25) is 5.88 Å². The fourth-order valence-corrected chi connectivity index (χ4v) is 4.29. The monoisotopic (exact) mass is 531 g/mol. The maximum absolute atomic E-state index is 11.1. The molecular formula is C28H26ClN5O4. The molecule has 5 rings (SSSR count). The predicted molar refractivity (Wildman–Crippen MR) is 141 cm³/mol. The molecule has 1 aliphatic rings. The molecule has 2 aromatic heterocycles. The Hall–Kier alpha value is -4.16. The molecule has 4 aromatic rings. The highest BCUT2D eigenvalue weighted by atomic mass is 35.5. The van der Waals surface area contributed by atoms with Crippen molar-refractivity contribution in [1.29, 1.82) is 5.26 Å². The standard InChI is InChI=1S/C28H26ClN5O4/c1-17(27(35)36)9-12-37-20-7-8-21(22(29)13-20)24-33-23-25(31-16-32-26(23)38-28(2)10-11-28)34(24)15-19-6-4-3-5-18(19)14-30/h3-8,13,16-17H,9-12,15H2,1-2H3,(H,35,36). The molecule has 0 radical (unpaired) electrons. The van der Waals surface area contributed by atoms with Gasteiger partial charge in [0.1, 0.15) is 23.5 Å². The van der Waals surface area contributed by atoms with Crippen molar-refractivity contribution in [2.24, 2.45) is 5.92 Å². The molecule has 1 fully saturated rings. The summed E-state index contributed by atoms with van der Waals surface area (Å²) in [5, 5.41) is 19.1. The highest BCUT2D eigenvalue weighted by molar-refractivity contribution is 6.33. The lowest BCUT2D eigenvalue weighted by atomic mass is 10.1. The number of hydrogen-bond acceptors (Lipinski definition) is 7. The number of nitrogens with zero attached hydrogens (tertiary/aromatic N) is 5. The van der Waals surface area contributed by atoms with E-state index in [1.54, 1.807) is 25.1 Å². The lowest BCUT2D eigenvalue weighted by Gasteiger charge is -2.13. The van der Waals surface area contributed by atoms with Crippen LogP contribution in [0.2, 0.25) is 5.02 Å². The zero-order valence-corrected chi connectivity index (χ0v) is 21.8. The molecule has 1 saturated carbocycles. The van der Waals surface area contributed by atoms with Gasteiger partial charge < -0.3 is 19.1 Å². The molecule has 10 heteroatoms. The molecule has 1 N–H and O–H groups in total. The van der Waals surface area contributed by atoms with Crippen LogP contribution in [0.25, 0.3) is 22.6 Å². The molecule has 9 nitrogen and oxygen atoms in total. The first-order valence-electron chi connectivity index (χ1n) is 12.3. The van der Waals surface area contributed by atoms with E-state index >= 15 is 0 Å². The van der Waals surface area contributed by atoms with Crippen LogP contribution in [-0.4, -0.2) is 42.8 Å². The Balaban J connectivity index is 1.54. The van der Waals surface area contributed by atoms with E-state index in [2.05, 4.69) is 16.0 Å². The average molecular weight is 532 g/mol. The number of ether oxygens (including phenoxy) is 2. The second-order valence-corrected chi connectivity index (χ2v) is 10.1. The molecule has 1 unspecified atom stereocenters. The minimum Gasteiger partial charge on any atom is -0.494 e. The van der Waals surface area contributed by atoms with Crippen LogP contribution < -0.4 is 9.47 Å². The summed E-state index contributed by atoms with van der Waals surface area (Å²) in [6.07, 6.45) is 3.72. The Morgan fingerprint density at radius 3 is 2.76 bits per heavy atom. The summed E-state index contributed by atoms with van der Waals surface area (Å²) in [6, 6.07) is 14.9. The Kier molecular flexibility index (Phi) is 6.91. The molecule has 0 amide bonds. The van der Waals surface area contributed by atoms with Gasteiger partial charge in [-0.2, -0.15) is 10.2 Å². The number of aliphatic carboxylic acids is 1. The third-order valence-corrected chi connectivity index (χ3v) is 7.00. The number of imidazole rings is 1. The van der Waals surface area contributed by atoms with Gasteiger partial charge >= 0.3 is 5.97 Å². The summed E-state index contributed by atoms with van der Waals surface area (Å²) in [5.74, 6) is 0.124. The highest BCUT2D eigenvalue weighted by Crippen LogP contribution is 2.41. The van der Waals surface area contributed by atoms with Crippen molar-refractivity contribution in [3.8, 4) is 29.1 Å². The van der Waals surface area contributed by atoms with Crippen molar-refractivity contribution in [3.63, 3.8) is 0 Å². The van der Waals surface area contributed by atoms with Gasteiger partial charge in [-0.05, 0) is 56.0 Å². The summed E-state index contributed by atoms with van der Waals surface area (Å²) < 4.78 is 13.8. The zero-order valence-electron chi connectivity index (χ0n) is 21.0. The number of benzene rings is 2. The fraction of sp³-hybridized carbons (Fsp3) is 0.321. The average Bonchev–Trinajstić information content (AvgIpc) is 3.52. The van der Waals surface area contributed by atoms with Crippen LogP contribution in [0.15, 0.2) is 48.8 Å². The second kappa shape index (κ2) is 10.3. The molecule has 1 atom stereocenters. The van der Waals surface area contributed by atoms with Crippen LogP contribution in [0.3, 0.4) is 0 Å². The largest absolute Gasteiger partial charge is 0.494 e. The topological polar surface area (TPSA) is 123 Å². The normalized spacial score (nSPS) is 14.6. The predicted octanol–water partition coefficient (Wildman–Crippen LogP) is 5.49. The molecule has 194 valence electrons. The van der Waals surface area contributed by atoms with Crippen molar-refractivity contribution < 1.29 is 19.4 Å². The van der Waals surface area contributed by atoms with E-state index in [0.29, 0.717) is 57.7 Å². The van der Waals surface area contributed by atoms with Crippen LogP contribution in [0.5, 0.6) is 11.6 Å². The minimum atomic E-state index is -0.860. The SMILES string of the molecule is CC(CCOc1ccc(-c2nc3c(OC4(C)CC4)ncnc3n2Cc2ccccc2C#N)c(Cl)c1)C(=O)O. The molecule has 0 spiro atoms. The summed E-state index contributed by atoms with van der Waals surface area (Å²) in [7, 11) is 0. The van der Waals surface area contributed by atoms with Crippen molar-refractivity contribution in [1.82, 2.24) is 19.5 Å². The first kappa shape index (κ1) is 25.5.